The summed E-state index contributed by atoms with van der Waals surface area (Å²) in [4.78, 5) is 0. The molecule has 0 aromatic heterocycles. The second-order valence-corrected chi connectivity index (χ2v) is 8.61. The van der Waals surface area contributed by atoms with Crippen LogP contribution in [0.25, 0.3) is 0 Å². The quantitative estimate of drug-likeness (QED) is 0.237. The zero-order valence-corrected chi connectivity index (χ0v) is 20.2. The highest BCUT2D eigenvalue weighted by molar-refractivity contribution is 5.48. The topological polar surface area (TPSA) is 0 Å². The van der Waals surface area contributed by atoms with E-state index in [4.69, 9.17) is 0 Å². The first-order chi connectivity index (χ1) is 16.6. The maximum absolute atomic E-state index is 14.4. The predicted molar refractivity (Wildman–Crippen MR) is 138 cm³/mol. The van der Waals surface area contributed by atoms with Gasteiger partial charge in [0.05, 0.1) is 5.56 Å². The monoisotopic (exact) mass is 454 g/mol. The Kier molecular flexibility index (Phi) is 9.94. The Morgan fingerprint density at radius 3 is 1.85 bits per heavy atom. The van der Waals surface area contributed by atoms with Gasteiger partial charge in [0.2, 0.25) is 0 Å². The molecule has 0 amide bonds. The smallest absolute Gasteiger partial charge is 0.139 e. The van der Waals surface area contributed by atoms with Crippen molar-refractivity contribution in [3.63, 3.8) is 0 Å². The fourth-order valence-electron chi connectivity index (χ4n) is 3.69. The Balaban J connectivity index is 1.62. The molecule has 174 valence electrons. The van der Waals surface area contributed by atoms with Gasteiger partial charge in [0.15, 0.2) is 0 Å². The van der Waals surface area contributed by atoms with Crippen LogP contribution in [0.15, 0.2) is 60.7 Å². The van der Waals surface area contributed by atoms with Crippen molar-refractivity contribution in [3.05, 3.63) is 106 Å². The van der Waals surface area contributed by atoms with Crippen molar-refractivity contribution in [2.45, 2.75) is 65.2 Å². The molecule has 2 heteroatoms. The van der Waals surface area contributed by atoms with Crippen LogP contribution in [0.3, 0.4) is 0 Å². The molecule has 0 aliphatic carbocycles. The number of benzene rings is 3. The van der Waals surface area contributed by atoms with E-state index in [0.717, 1.165) is 54.4 Å². The number of rotatable bonds is 8. The predicted octanol–water partition coefficient (Wildman–Crippen LogP) is 8.23. The maximum Gasteiger partial charge on any atom is 0.139 e. The Bertz CT molecular complexity index is 1200. The molecular formula is C32H32F2. The van der Waals surface area contributed by atoms with E-state index in [2.05, 4.69) is 37.5 Å². The van der Waals surface area contributed by atoms with Gasteiger partial charge in [-0.25, -0.2) is 8.78 Å². The van der Waals surface area contributed by atoms with Gasteiger partial charge in [-0.05, 0) is 85.3 Å². The molecule has 0 saturated heterocycles. The third kappa shape index (κ3) is 7.90. The highest BCUT2D eigenvalue weighted by Gasteiger charge is 2.03. The SMILES string of the molecule is CCCCCCc1ccc(C#Cc2ccc(C#Cc3ccc(CCCC)c(F)c3)cc2)c(F)c1. The summed E-state index contributed by atoms with van der Waals surface area (Å²) in [6.45, 7) is 4.28. The lowest BCUT2D eigenvalue weighted by molar-refractivity contribution is 0.603. The van der Waals surface area contributed by atoms with E-state index in [-0.39, 0.29) is 11.6 Å². The zero-order valence-electron chi connectivity index (χ0n) is 20.2. The molecule has 0 nitrogen and oxygen atoms in total. The van der Waals surface area contributed by atoms with E-state index < -0.39 is 0 Å². The third-order valence-electron chi connectivity index (χ3n) is 5.78. The second kappa shape index (κ2) is 13.4. The van der Waals surface area contributed by atoms with Crippen molar-refractivity contribution in [2.24, 2.45) is 0 Å². The standard InChI is InChI=1S/C32H32F2/c1-3-5-7-8-9-27-18-22-30(32(34)23-27)20-17-26-13-11-25(12-14-26)15-16-28-19-21-29(10-6-4-2)31(33)24-28/h11-14,18-19,21-24H,3-10H2,1-2H3. The van der Waals surface area contributed by atoms with Gasteiger partial charge in [-0.1, -0.05) is 75.3 Å². The Morgan fingerprint density at radius 1 is 0.559 bits per heavy atom. The van der Waals surface area contributed by atoms with Crippen molar-refractivity contribution in [1.82, 2.24) is 0 Å². The van der Waals surface area contributed by atoms with Crippen LogP contribution in [0.2, 0.25) is 0 Å². The summed E-state index contributed by atoms with van der Waals surface area (Å²) in [5.74, 6) is 11.6. The van der Waals surface area contributed by atoms with Crippen LogP contribution in [-0.4, -0.2) is 0 Å². The van der Waals surface area contributed by atoms with Crippen molar-refractivity contribution in [1.29, 1.82) is 0 Å². The van der Waals surface area contributed by atoms with E-state index in [1.54, 1.807) is 12.1 Å². The molecule has 0 N–H and O–H groups in total. The van der Waals surface area contributed by atoms with Crippen molar-refractivity contribution in [3.8, 4) is 23.7 Å². The second-order valence-electron chi connectivity index (χ2n) is 8.61. The maximum atomic E-state index is 14.4. The first-order valence-corrected chi connectivity index (χ1v) is 12.3. The number of hydrogen-bond donors (Lipinski definition) is 0. The molecule has 0 aliphatic heterocycles. The van der Waals surface area contributed by atoms with Crippen LogP contribution < -0.4 is 0 Å². The fraction of sp³-hybridized carbons (Fsp3) is 0.312. The molecule has 0 radical (unpaired) electrons. The van der Waals surface area contributed by atoms with E-state index in [9.17, 15) is 8.78 Å². The van der Waals surface area contributed by atoms with Crippen LogP contribution >= 0.6 is 0 Å². The van der Waals surface area contributed by atoms with E-state index in [1.165, 1.54) is 25.3 Å². The Labute approximate surface area is 203 Å². The molecule has 34 heavy (non-hydrogen) atoms. The van der Waals surface area contributed by atoms with Crippen molar-refractivity contribution >= 4 is 0 Å². The van der Waals surface area contributed by atoms with E-state index >= 15 is 0 Å². The van der Waals surface area contributed by atoms with Crippen LogP contribution in [-0.2, 0) is 12.8 Å². The van der Waals surface area contributed by atoms with Gasteiger partial charge in [0, 0.05) is 16.7 Å². The fourth-order valence-corrected chi connectivity index (χ4v) is 3.69. The van der Waals surface area contributed by atoms with Crippen LogP contribution in [0.1, 0.15) is 85.8 Å². The highest BCUT2D eigenvalue weighted by atomic mass is 19.1. The number of aryl methyl sites for hydroxylation is 2. The Hall–Kier alpha value is -3.36. The minimum Gasteiger partial charge on any atom is -0.207 e. The van der Waals surface area contributed by atoms with Gasteiger partial charge >= 0.3 is 0 Å². The molecule has 0 unspecified atom stereocenters. The number of halogens is 2. The largest absolute Gasteiger partial charge is 0.207 e. The van der Waals surface area contributed by atoms with Gasteiger partial charge in [-0.15, -0.1) is 0 Å². The molecule has 0 fully saturated rings. The van der Waals surface area contributed by atoms with E-state index in [0.29, 0.717) is 11.1 Å². The van der Waals surface area contributed by atoms with Crippen molar-refractivity contribution < 1.29 is 8.78 Å². The lowest BCUT2D eigenvalue weighted by atomic mass is 10.0. The zero-order chi connectivity index (χ0) is 24.2. The van der Waals surface area contributed by atoms with Gasteiger partial charge in [0.25, 0.3) is 0 Å². The number of hydrogen-bond acceptors (Lipinski definition) is 0. The summed E-state index contributed by atoms with van der Waals surface area (Å²) in [5, 5.41) is 0. The van der Waals surface area contributed by atoms with Gasteiger partial charge in [-0.2, -0.15) is 0 Å². The molecule has 3 rings (SSSR count). The van der Waals surface area contributed by atoms with Crippen LogP contribution in [0, 0.1) is 35.3 Å². The Morgan fingerprint density at radius 2 is 1.21 bits per heavy atom. The summed E-state index contributed by atoms with van der Waals surface area (Å²) >= 11 is 0. The first-order valence-electron chi connectivity index (χ1n) is 12.3. The summed E-state index contributed by atoms with van der Waals surface area (Å²) in [5.41, 5.74) is 4.45. The van der Waals surface area contributed by atoms with Crippen LogP contribution in [0.4, 0.5) is 8.78 Å². The molecule has 0 heterocycles. The molecule has 0 bridgehead atoms. The van der Waals surface area contributed by atoms with E-state index in [1.807, 2.05) is 42.5 Å². The first kappa shape index (κ1) is 25.3. The molecule has 3 aromatic carbocycles. The van der Waals surface area contributed by atoms with Gasteiger partial charge in [-0.3, -0.25) is 0 Å². The van der Waals surface area contributed by atoms with Crippen LogP contribution in [0.5, 0.6) is 0 Å². The summed E-state index contributed by atoms with van der Waals surface area (Å²) in [7, 11) is 0. The lowest BCUT2D eigenvalue weighted by Gasteiger charge is -2.03. The summed E-state index contributed by atoms with van der Waals surface area (Å²) in [6, 6.07) is 18.0. The highest BCUT2D eigenvalue weighted by Crippen LogP contribution is 2.15. The van der Waals surface area contributed by atoms with Gasteiger partial charge in [0.1, 0.15) is 11.6 Å². The molecule has 0 aliphatic rings. The average Bonchev–Trinajstić information content (AvgIpc) is 2.85. The molecule has 3 aromatic rings. The number of unbranched alkanes of at least 4 members (excludes halogenated alkanes) is 4. The molecule has 0 saturated carbocycles. The molecule has 0 atom stereocenters. The van der Waals surface area contributed by atoms with Crippen molar-refractivity contribution in [2.75, 3.05) is 0 Å². The third-order valence-corrected chi connectivity index (χ3v) is 5.78. The molecule has 0 spiro atoms. The molecular weight excluding hydrogens is 422 g/mol. The summed E-state index contributed by atoms with van der Waals surface area (Å²) in [6.07, 6.45) is 8.38. The summed E-state index contributed by atoms with van der Waals surface area (Å²) < 4.78 is 28.6. The van der Waals surface area contributed by atoms with Gasteiger partial charge < -0.3 is 0 Å². The average molecular weight is 455 g/mol. The normalized spacial score (nSPS) is 10.2. The lowest BCUT2D eigenvalue weighted by Crippen LogP contribution is -1.91. The minimum absolute atomic E-state index is 0.192. The minimum atomic E-state index is -0.268.